The van der Waals surface area contributed by atoms with Crippen LogP contribution in [0.2, 0.25) is 0 Å². The number of nitrogens with zero attached hydrogens (tertiary/aromatic N) is 1. The van der Waals surface area contributed by atoms with Crippen molar-refractivity contribution in [1.82, 2.24) is 0 Å². The molecule has 0 aliphatic carbocycles. The normalized spacial score (nSPS) is 17.2. The number of piperidine rings is 1. The number of aldehydes is 1. The SMILES string of the molecule is CCC1CCN(c2ccc(C=O)cc2F)CC1. The van der Waals surface area contributed by atoms with Gasteiger partial charge in [0.15, 0.2) is 0 Å². The van der Waals surface area contributed by atoms with Crippen molar-refractivity contribution >= 4 is 12.0 Å². The molecule has 3 heteroatoms. The summed E-state index contributed by atoms with van der Waals surface area (Å²) in [5.41, 5.74) is 1.03. The highest BCUT2D eigenvalue weighted by atomic mass is 19.1. The van der Waals surface area contributed by atoms with Crippen molar-refractivity contribution in [3.05, 3.63) is 29.6 Å². The van der Waals surface area contributed by atoms with Gasteiger partial charge in [0, 0.05) is 18.7 Å². The lowest BCUT2D eigenvalue weighted by molar-refractivity contribution is 0.112. The molecule has 0 aromatic heterocycles. The number of halogens is 1. The summed E-state index contributed by atoms with van der Waals surface area (Å²) in [4.78, 5) is 12.6. The molecule has 17 heavy (non-hydrogen) atoms. The quantitative estimate of drug-likeness (QED) is 0.749. The van der Waals surface area contributed by atoms with Crippen LogP contribution in [0.3, 0.4) is 0 Å². The Morgan fingerprint density at radius 1 is 1.41 bits per heavy atom. The molecule has 0 N–H and O–H groups in total. The van der Waals surface area contributed by atoms with Crippen LogP contribution in [0.4, 0.5) is 10.1 Å². The molecule has 0 saturated carbocycles. The Balaban J connectivity index is 2.10. The Morgan fingerprint density at radius 2 is 2.12 bits per heavy atom. The maximum Gasteiger partial charge on any atom is 0.150 e. The first-order valence-electron chi connectivity index (χ1n) is 6.24. The molecule has 2 rings (SSSR count). The monoisotopic (exact) mass is 235 g/mol. The Hall–Kier alpha value is -1.38. The van der Waals surface area contributed by atoms with Gasteiger partial charge in [0.2, 0.25) is 0 Å². The average molecular weight is 235 g/mol. The molecule has 1 aromatic carbocycles. The smallest absolute Gasteiger partial charge is 0.150 e. The highest BCUT2D eigenvalue weighted by Crippen LogP contribution is 2.27. The lowest BCUT2D eigenvalue weighted by Crippen LogP contribution is -2.34. The van der Waals surface area contributed by atoms with E-state index in [1.54, 1.807) is 12.1 Å². The highest BCUT2D eigenvalue weighted by Gasteiger charge is 2.20. The van der Waals surface area contributed by atoms with E-state index in [-0.39, 0.29) is 5.82 Å². The van der Waals surface area contributed by atoms with Gasteiger partial charge in [-0.15, -0.1) is 0 Å². The van der Waals surface area contributed by atoms with Crippen molar-refractivity contribution in [2.24, 2.45) is 5.92 Å². The van der Waals surface area contributed by atoms with Crippen LogP contribution < -0.4 is 4.90 Å². The van der Waals surface area contributed by atoms with Crippen LogP contribution in [-0.2, 0) is 0 Å². The van der Waals surface area contributed by atoms with Crippen LogP contribution in [0.15, 0.2) is 18.2 Å². The van der Waals surface area contributed by atoms with Crippen molar-refractivity contribution in [2.45, 2.75) is 26.2 Å². The van der Waals surface area contributed by atoms with E-state index in [1.165, 1.54) is 12.5 Å². The number of hydrogen-bond donors (Lipinski definition) is 0. The average Bonchev–Trinajstić information content (AvgIpc) is 2.39. The van der Waals surface area contributed by atoms with E-state index in [4.69, 9.17) is 0 Å². The third-order valence-electron chi connectivity index (χ3n) is 3.64. The fourth-order valence-electron chi connectivity index (χ4n) is 2.44. The summed E-state index contributed by atoms with van der Waals surface area (Å²) in [5, 5.41) is 0. The van der Waals surface area contributed by atoms with E-state index in [0.717, 1.165) is 31.8 Å². The second kappa shape index (κ2) is 5.30. The number of hydrogen-bond acceptors (Lipinski definition) is 2. The summed E-state index contributed by atoms with van der Waals surface area (Å²) in [6.07, 6.45) is 4.15. The highest BCUT2D eigenvalue weighted by molar-refractivity contribution is 5.76. The van der Waals surface area contributed by atoms with Crippen molar-refractivity contribution in [1.29, 1.82) is 0 Å². The molecule has 0 radical (unpaired) electrons. The van der Waals surface area contributed by atoms with E-state index >= 15 is 0 Å². The number of anilines is 1. The Morgan fingerprint density at radius 3 is 2.65 bits per heavy atom. The maximum absolute atomic E-state index is 13.8. The number of rotatable bonds is 3. The second-order valence-corrected chi connectivity index (χ2v) is 4.67. The van der Waals surface area contributed by atoms with E-state index < -0.39 is 0 Å². The first kappa shape index (κ1) is 12.1. The van der Waals surface area contributed by atoms with Crippen molar-refractivity contribution in [3.63, 3.8) is 0 Å². The predicted octanol–water partition coefficient (Wildman–Crippen LogP) is 3.26. The third-order valence-corrected chi connectivity index (χ3v) is 3.64. The number of carbonyl (C=O) groups excluding carboxylic acids is 1. The minimum Gasteiger partial charge on any atom is -0.369 e. The summed E-state index contributed by atoms with van der Waals surface area (Å²) in [6.45, 7) is 4.03. The van der Waals surface area contributed by atoms with Gasteiger partial charge in [-0.3, -0.25) is 4.79 Å². The molecule has 0 spiro atoms. The van der Waals surface area contributed by atoms with Gasteiger partial charge < -0.3 is 4.90 Å². The molecular weight excluding hydrogens is 217 g/mol. The maximum atomic E-state index is 13.8. The summed E-state index contributed by atoms with van der Waals surface area (Å²) < 4.78 is 13.8. The zero-order valence-corrected chi connectivity index (χ0v) is 10.2. The summed E-state index contributed by atoms with van der Waals surface area (Å²) >= 11 is 0. The van der Waals surface area contributed by atoms with Gasteiger partial charge in [0.05, 0.1) is 5.69 Å². The van der Waals surface area contributed by atoms with Crippen LogP contribution in [0.25, 0.3) is 0 Å². The van der Waals surface area contributed by atoms with Crippen molar-refractivity contribution in [2.75, 3.05) is 18.0 Å². The Kier molecular flexibility index (Phi) is 3.77. The molecular formula is C14H18FNO. The van der Waals surface area contributed by atoms with Gasteiger partial charge in [0.25, 0.3) is 0 Å². The zero-order valence-electron chi connectivity index (χ0n) is 10.2. The van der Waals surface area contributed by atoms with Crippen LogP contribution in [0.1, 0.15) is 36.5 Å². The fraction of sp³-hybridized carbons (Fsp3) is 0.500. The molecule has 0 amide bonds. The molecule has 1 fully saturated rings. The van der Waals surface area contributed by atoms with Gasteiger partial charge >= 0.3 is 0 Å². The van der Waals surface area contributed by atoms with E-state index in [1.807, 2.05) is 0 Å². The first-order valence-corrected chi connectivity index (χ1v) is 6.24. The van der Waals surface area contributed by atoms with Crippen LogP contribution >= 0.6 is 0 Å². The summed E-state index contributed by atoms with van der Waals surface area (Å²) in [6, 6.07) is 4.71. The third kappa shape index (κ3) is 2.65. The number of carbonyl (C=O) groups is 1. The van der Waals surface area contributed by atoms with Crippen LogP contribution in [0, 0.1) is 11.7 Å². The molecule has 1 heterocycles. The molecule has 1 aliphatic rings. The van der Waals surface area contributed by atoms with E-state index in [0.29, 0.717) is 17.5 Å². The summed E-state index contributed by atoms with van der Waals surface area (Å²) in [7, 11) is 0. The van der Waals surface area contributed by atoms with Gasteiger partial charge in [0.1, 0.15) is 12.1 Å². The minimum atomic E-state index is -0.287. The molecule has 2 nitrogen and oxygen atoms in total. The second-order valence-electron chi connectivity index (χ2n) is 4.67. The lowest BCUT2D eigenvalue weighted by atomic mass is 9.94. The molecule has 0 atom stereocenters. The summed E-state index contributed by atoms with van der Waals surface area (Å²) in [5.74, 6) is 0.494. The van der Waals surface area contributed by atoms with E-state index in [9.17, 15) is 9.18 Å². The van der Waals surface area contributed by atoms with Gasteiger partial charge in [-0.05, 0) is 37.0 Å². The molecule has 92 valence electrons. The largest absolute Gasteiger partial charge is 0.369 e. The van der Waals surface area contributed by atoms with Crippen molar-refractivity contribution < 1.29 is 9.18 Å². The Labute approximate surface area is 101 Å². The molecule has 1 aliphatic heterocycles. The fourth-order valence-corrected chi connectivity index (χ4v) is 2.44. The number of benzene rings is 1. The predicted molar refractivity (Wildman–Crippen MR) is 67.0 cm³/mol. The van der Waals surface area contributed by atoms with E-state index in [2.05, 4.69) is 11.8 Å². The van der Waals surface area contributed by atoms with Crippen LogP contribution in [-0.4, -0.2) is 19.4 Å². The standard InChI is InChI=1S/C14H18FNO/c1-2-11-5-7-16(8-6-11)14-4-3-12(10-17)9-13(14)15/h3-4,9-11H,2,5-8H2,1H3. The topological polar surface area (TPSA) is 20.3 Å². The minimum absolute atomic E-state index is 0.287. The van der Waals surface area contributed by atoms with Gasteiger partial charge in [-0.1, -0.05) is 13.3 Å². The van der Waals surface area contributed by atoms with Crippen molar-refractivity contribution in [3.8, 4) is 0 Å². The van der Waals surface area contributed by atoms with Gasteiger partial charge in [-0.25, -0.2) is 4.39 Å². The molecule has 0 unspecified atom stereocenters. The van der Waals surface area contributed by atoms with Crippen LogP contribution in [0.5, 0.6) is 0 Å². The molecule has 1 aromatic rings. The Bertz CT molecular complexity index is 397. The zero-order chi connectivity index (χ0) is 12.3. The molecule has 1 saturated heterocycles. The first-order chi connectivity index (χ1) is 8.24. The molecule has 0 bridgehead atoms. The van der Waals surface area contributed by atoms with Gasteiger partial charge in [-0.2, -0.15) is 0 Å². The lowest BCUT2D eigenvalue weighted by Gasteiger charge is -2.33.